The molecule has 2 aromatic carbocycles. The molecule has 0 fully saturated rings. The Balaban J connectivity index is 1.65. The van der Waals surface area contributed by atoms with Gasteiger partial charge in [-0.1, -0.05) is 0 Å². The van der Waals surface area contributed by atoms with Crippen molar-refractivity contribution in [2.45, 2.75) is 11.1 Å². The van der Waals surface area contributed by atoms with Crippen molar-refractivity contribution < 1.29 is 26.4 Å². The second-order valence-corrected chi connectivity index (χ2v) is 7.57. The lowest BCUT2D eigenvalue weighted by Crippen LogP contribution is -2.33. The Kier molecular flexibility index (Phi) is 5.66. The summed E-state index contributed by atoms with van der Waals surface area (Å²) in [5, 5.41) is 6.55. The number of benzene rings is 2. The second kappa shape index (κ2) is 8.01. The van der Waals surface area contributed by atoms with Gasteiger partial charge < -0.3 is 5.32 Å². The van der Waals surface area contributed by atoms with Crippen LogP contribution in [0.5, 0.6) is 0 Å². The van der Waals surface area contributed by atoms with E-state index in [0.29, 0.717) is 11.3 Å². The van der Waals surface area contributed by atoms with Gasteiger partial charge in [0.25, 0.3) is 5.91 Å². The highest BCUT2D eigenvalue weighted by Gasteiger charge is 2.30. The number of aromatic nitrogens is 3. The first-order valence-electron chi connectivity index (χ1n) is 8.07. The smallest absolute Gasteiger partial charge is 0.322 e. The molecule has 152 valence electrons. The number of carbonyl (C=O) groups excluding carboxylic acids is 1. The van der Waals surface area contributed by atoms with Gasteiger partial charge in [-0.3, -0.25) is 4.79 Å². The molecule has 0 saturated carbocycles. The fourth-order valence-corrected chi connectivity index (χ4v) is 3.30. The molecular weight excluding hydrogens is 411 g/mol. The molecule has 2 N–H and O–H groups in total. The van der Waals surface area contributed by atoms with Crippen molar-refractivity contribution in [1.82, 2.24) is 19.5 Å². The van der Waals surface area contributed by atoms with Crippen molar-refractivity contribution in [3.8, 4) is 5.69 Å². The molecule has 1 aromatic heterocycles. The maximum Gasteiger partial charge on any atom is 0.402 e. The first-order valence-corrected chi connectivity index (χ1v) is 9.55. The van der Waals surface area contributed by atoms with E-state index < -0.39 is 28.7 Å². The van der Waals surface area contributed by atoms with Gasteiger partial charge in [-0.25, -0.2) is 22.8 Å². The number of amides is 1. The van der Waals surface area contributed by atoms with Crippen molar-refractivity contribution in [2.24, 2.45) is 0 Å². The highest BCUT2D eigenvalue weighted by atomic mass is 32.2. The molecule has 1 heterocycles. The van der Waals surface area contributed by atoms with Gasteiger partial charge in [-0.15, -0.1) is 0 Å². The molecule has 0 bridgehead atoms. The van der Waals surface area contributed by atoms with E-state index in [0.717, 1.165) is 12.1 Å². The fraction of sp³-hybridized carbons (Fsp3) is 0.118. The zero-order valence-corrected chi connectivity index (χ0v) is 15.4. The molecule has 3 rings (SSSR count). The largest absolute Gasteiger partial charge is 0.402 e. The molecule has 0 spiro atoms. The Bertz CT molecular complexity index is 1080. The summed E-state index contributed by atoms with van der Waals surface area (Å²) in [6.45, 7) is -1.67. The van der Waals surface area contributed by atoms with Gasteiger partial charge in [0.1, 0.15) is 19.2 Å². The third-order valence-corrected chi connectivity index (χ3v) is 5.12. The molecule has 0 unspecified atom stereocenters. The molecule has 0 aliphatic rings. The number of carbonyl (C=O) groups is 1. The van der Waals surface area contributed by atoms with E-state index in [4.69, 9.17) is 0 Å². The highest BCUT2D eigenvalue weighted by molar-refractivity contribution is 7.89. The minimum absolute atomic E-state index is 0.283. The predicted molar refractivity (Wildman–Crippen MR) is 97.0 cm³/mol. The van der Waals surface area contributed by atoms with Crippen LogP contribution in [0.15, 0.2) is 66.1 Å². The molecule has 8 nitrogen and oxygen atoms in total. The monoisotopic (exact) mass is 425 g/mol. The molecule has 0 atom stereocenters. The molecule has 12 heteroatoms. The van der Waals surface area contributed by atoms with E-state index in [-0.39, 0.29) is 10.6 Å². The van der Waals surface area contributed by atoms with Gasteiger partial charge in [0, 0.05) is 11.3 Å². The Morgan fingerprint density at radius 2 is 1.69 bits per heavy atom. The Morgan fingerprint density at radius 1 is 1.03 bits per heavy atom. The summed E-state index contributed by atoms with van der Waals surface area (Å²) in [6, 6.07) is 11.3. The van der Waals surface area contributed by atoms with E-state index in [2.05, 4.69) is 15.4 Å². The van der Waals surface area contributed by atoms with E-state index >= 15 is 0 Å². The van der Waals surface area contributed by atoms with Crippen LogP contribution in [0.4, 0.5) is 18.9 Å². The third-order valence-electron chi connectivity index (χ3n) is 3.70. The summed E-state index contributed by atoms with van der Waals surface area (Å²) in [6.07, 6.45) is -1.78. The van der Waals surface area contributed by atoms with Gasteiger partial charge in [0.15, 0.2) is 0 Å². The number of sulfonamides is 1. The number of nitrogens with zero attached hydrogens (tertiary/aromatic N) is 3. The van der Waals surface area contributed by atoms with Crippen LogP contribution in [0, 0.1) is 0 Å². The first-order chi connectivity index (χ1) is 13.6. The summed E-state index contributed by atoms with van der Waals surface area (Å²) in [5.74, 6) is -0.444. The lowest BCUT2D eigenvalue weighted by Gasteiger charge is -2.10. The number of halogens is 3. The summed E-state index contributed by atoms with van der Waals surface area (Å²) in [7, 11) is -4.31. The van der Waals surface area contributed by atoms with E-state index in [9.17, 15) is 26.4 Å². The number of anilines is 1. The maximum absolute atomic E-state index is 12.3. The Labute approximate surface area is 163 Å². The van der Waals surface area contributed by atoms with Crippen LogP contribution in [0.25, 0.3) is 5.69 Å². The minimum atomic E-state index is -4.66. The van der Waals surface area contributed by atoms with Gasteiger partial charge in [0.05, 0.1) is 10.6 Å². The lowest BCUT2D eigenvalue weighted by atomic mass is 10.2. The van der Waals surface area contributed by atoms with Gasteiger partial charge in [-0.05, 0) is 48.5 Å². The van der Waals surface area contributed by atoms with Crippen molar-refractivity contribution in [3.63, 3.8) is 0 Å². The molecule has 3 aromatic rings. The highest BCUT2D eigenvalue weighted by Crippen LogP contribution is 2.18. The van der Waals surface area contributed by atoms with E-state index in [1.807, 2.05) is 0 Å². The SMILES string of the molecule is O=C(Nc1ccc(S(=O)(=O)NCC(F)(F)F)cc1)c1ccc(-n2cncn2)cc1. The molecule has 0 radical (unpaired) electrons. The first kappa shape index (κ1) is 20.5. The van der Waals surface area contributed by atoms with Crippen LogP contribution in [-0.4, -0.2) is 41.8 Å². The summed E-state index contributed by atoms with van der Waals surface area (Å²) >= 11 is 0. The second-order valence-electron chi connectivity index (χ2n) is 5.81. The summed E-state index contributed by atoms with van der Waals surface area (Å²) in [4.78, 5) is 15.8. The number of hydrogen-bond donors (Lipinski definition) is 2. The molecule has 1 amide bonds. The van der Waals surface area contributed by atoms with Crippen LogP contribution in [0.1, 0.15) is 10.4 Å². The van der Waals surface area contributed by atoms with Crippen LogP contribution in [-0.2, 0) is 10.0 Å². The third kappa shape index (κ3) is 5.39. The van der Waals surface area contributed by atoms with Crippen LogP contribution < -0.4 is 10.0 Å². The molecule has 0 aliphatic carbocycles. The molecule has 29 heavy (non-hydrogen) atoms. The van der Waals surface area contributed by atoms with Gasteiger partial charge in [0.2, 0.25) is 10.0 Å². The quantitative estimate of drug-likeness (QED) is 0.631. The van der Waals surface area contributed by atoms with Crippen molar-refractivity contribution in [2.75, 3.05) is 11.9 Å². The molecule has 0 saturated heterocycles. The van der Waals surface area contributed by atoms with Gasteiger partial charge in [-0.2, -0.15) is 18.3 Å². The minimum Gasteiger partial charge on any atom is -0.322 e. The van der Waals surface area contributed by atoms with Crippen molar-refractivity contribution in [1.29, 1.82) is 0 Å². The van der Waals surface area contributed by atoms with Crippen molar-refractivity contribution in [3.05, 3.63) is 66.7 Å². The summed E-state index contributed by atoms with van der Waals surface area (Å²) < 4.78 is 63.3. The van der Waals surface area contributed by atoms with E-state index in [1.165, 1.54) is 34.2 Å². The van der Waals surface area contributed by atoms with Crippen LogP contribution in [0.2, 0.25) is 0 Å². The Hall–Kier alpha value is -3.25. The maximum atomic E-state index is 12.3. The van der Waals surface area contributed by atoms with Crippen LogP contribution >= 0.6 is 0 Å². The zero-order valence-electron chi connectivity index (χ0n) is 14.6. The number of rotatable bonds is 6. The Morgan fingerprint density at radius 3 is 2.24 bits per heavy atom. The molecule has 0 aliphatic heterocycles. The van der Waals surface area contributed by atoms with Crippen LogP contribution in [0.3, 0.4) is 0 Å². The fourth-order valence-electron chi connectivity index (χ4n) is 2.29. The zero-order chi connectivity index (χ0) is 21.1. The van der Waals surface area contributed by atoms with Gasteiger partial charge >= 0.3 is 6.18 Å². The average Bonchev–Trinajstić information content (AvgIpc) is 3.21. The normalized spacial score (nSPS) is 12.0. The number of nitrogens with one attached hydrogen (secondary N) is 2. The molecular formula is C17H14F3N5O3S. The van der Waals surface area contributed by atoms with E-state index in [1.54, 1.807) is 24.3 Å². The summed E-state index contributed by atoms with van der Waals surface area (Å²) in [5.41, 5.74) is 1.34. The number of alkyl halides is 3. The van der Waals surface area contributed by atoms with Crippen molar-refractivity contribution >= 4 is 21.6 Å². The number of hydrogen-bond acceptors (Lipinski definition) is 5. The average molecular weight is 425 g/mol. The predicted octanol–water partition coefficient (Wildman–Crippen LogP) is 2.36. The topological polar surface area (TPSA) is 106 Å². The standard InChI is InChI=1S/C17H14F3N5O3S/c18-17(19,20)9-23-29(27,28)15-7-3-13(4-8-15)24-16(26)12-1-5-14(6-2-12)25-11-21-10-22-25/h1-8,10-11,23H,9H2,(H,24,26). The lowest BCUT2D eigenvalue weighted by molar-refractivity contribution is -0.121.